The molecule has 0 bridgehead atoms. The summed E-state index contributed by atoms with van der Waals surface area (Å²) in [6, 6.07) is 8.37. The number of sulfonamides is 1. The molecule has 1 amide bonds. The molecule has 2 aliphatic heterocycles. The highest BCUT2D eigenvalue weighted by Gasteiger charge is 2.54. The molecule has 174 valence electrons. The van der Waals surface area contributed by atoms with Gasteiger partial charge < -0.3 is 4.74 Å². The zero-order valence-corrected chi connectivity index (χ0v) is 19.5. The largest absolute Gasteiger partial charge is 0.381 e. The molecular formula is C22H29N3O5S2. The van der Waals surface area contributed by atoms with Crippen molar-refractivity contribution < 1.29 is 23.2 Å². The number of nitrogens with zero attached hydrogens (tertiary/aromatic N) is 2. The number of hydrogen-bond donors (Lipinski definition) is 2. The first-order valence-corrected chi connectivity index (χ1v) is 13.3. The molecule has 0 unspecified atom stereocenters. The molecular weight excluding hydrogens is 450 g/mol. The lowest BCUT2D eigenvalue weighted by molar-refractivity contribution is -0.134. The average molecular weight is 480 g/mol. The number of pyridine rings is 1. The molecule has 2 fully saturated rings. The minimum atomic E-state index is -3.94. The number of aryl methyl sites for hydroxylation is 2. The smallest absolute Gasteiger partial charge is 0.266 e. The number of carbonyl (C=O) groups is 1. The molecule has 32 heavy (non-hydrogen) atoms. The quantitative estimate of drug-likeness (QED) is 0.467. The maximum absolute atomic E-state index is 13.4. The number of thiophene rings is 1. The van der Waals surface area contributed by atoms with E-state index >= 15 is 0 Å². The van der Waals surface area contributed by atoms with Crippen LogP contribution < -0.4 is 5.48 Å². The summed E-state index contributed by atoms with van der Waals surface area (Å²) in [6.45, 7) is 1.00. The number of aromatic nitrogens is 1. The van der Waals surface area contributed by atoms with Gasteiger partial charge in [0, 0.05) is 61.8 Å². The predicted octanol–water partition coefficient (Wildman–Crippen LogP) is 2.49. The fraction of sp³-hybridized carbons (Fsp3) is 0.545. The monoisotopic (exact) mass is 479 g/mol. The summed E-state index contributed by atoms with van der Waals surface area (Å²) in [5, 5.41) is 11.3. The van der Waals surface area contributed by atoms with E-state index in [0.29, 0.717) is 25.9 Å². The van der Waals surface area contributed by atoms with Crippen LogP contribution in [0, 0.1) is 0 Å². The molecule has 0 atom stereocenters. The Bertz CT molecular complexity index is 995. The molecule has 4 rings (SSSR count). The molecule has 0 spiro atoms. The molecule has 0 aromatic carbocycles. The topological polar surface area (TPSA) is 109 Å². The summed E-state index contributed by atoms with van der Waals surface area (Å²) in [5.74, 6) is -0.687. The van der Waals surface area contributed by atoms with E-state index in [1.807, 2.05) is 6.20 Å². The highest BCUT2D eigenvalue weighted by molar-refractivity contribution is 7.91. The SMILES string of the molecule is O=C(NO)C1(S(=O)(=O)N2CCC(c3ccc(CCc4cccs4)cn3)CC2)CCOCC1. The molecule has 2 aromatic rings. The van der Waals surface area contributed by atoms with E-state index in [4.69, 9.17) is 4.74 Å². The number of rotatable bonds is 7. The normalized spacial score (nSPS) is 20.2. The number of amides is 1. The molecule has 2 N–H and O–H groups in total. The molecule has 2 aromatic heterocycles. The third kappa shape index (κ3) is 4.60. The van der Waals surface area contributed by atoms with Crippen LogP contribution >= 0.6 is 11.3 Å². The van der Waals surface area contributed by atoms with Gasteiger partial charge in [0.15, 0.2) is 4.75 Å². The Hall–Kier alpha value is -1.85. The summed E-state index contributed by atoms with van der Waals surface area (Å²) in [4.78, 5) is 18.4. The van der Waals surface area contributed by atoms with Gasteiger partial charge in [0.2, 0.25) is 10.0 Å². The predicted molar refractivity (Wildman–Crippen MR) is 121 cm³/mol. The first-order chi connectivity index (χ1) is 15.5. The van der Waals surface area contributed by atoms with Crippen molar-refractivity contribution in [3.05, 3.63) is 52.0 Å². The highest BCUT2D eigenvalue weighted by Crippen LogP contribution is 2.36. The van der Waals surface area contributed by atoms with Crippen molar-refractivity contribution in [1.82, 2.24) is 14.8 Å². The number of carbonyl (C=O) groups excluding carboxylic acids is 1. The van der Waals surface area contributed by atoms with Crippen molar-refractivity contribution in [2.24, 2.45) is 0 Å². The van der Waals surface area contributed by atoms with Crippen molar-refractivity contribution in [2.45, 2.75) is 49.2 Å². The Morgan fingerprint density at radius 3 is 2.56 bits per heavy atom. The summed E-state index contributed by atoms with van der Waals surface area (Å²) < 4.78 is 31.8. The van der Waals surface area contributed by atoms with E-state index in [1.54, 1.807) is 16.8 Å². The fourth-order valence-electron chi connectivity index (χ4n) is 4.59. The van der Waals surface area contributed by atoms with E-state index in [-0.39, 0.29) is 32.0 Å². The molecule has 2 aliphatic rings. The second-order valence-electron chi connectivity index (χ2n) is 8.40. The zero-order valence-electron chi connectivity index (χ0n) is 17.9. The van der Waals surface area contributed by atoms with Gasteiger partial charge in [-0.2, -0.15) is 0 Å². The van der Waals surface area contributed by atoms with Crippen LogP contribution in [0.25, 0.3) is 0 Å². The standard InChI is InChI=1S/C22H29N3O5S2/c26-21(24-27)22(9-13-30-14-10-22)32(28,29)25-11-7-18(8-12-25)20-6-4-17(16-23-20)3-5-19-2-1-15-31-19/h1-2,4,6,15-16,18,27H,3,5,7-14H2,(H,24,26). The molecule has 0 radical (unpaired) electrons. The zero-order chi connectivity index (χ0) is 22.6. The number of hydrogen-bond acceptors (Lipinski definition) is 7. The fourth-order valence-corrected chi connectivity index (χ4v) is 7.45. The van der Waals surface area contributed by atoms with Crippen LogP contribution in [-0.4, -0.2) is 59.9 Å². The van der Waals surface area contributed by atoms with Gasteiger partial charge in [0.1, 0.15) is 0 Å². The Balaban J connectivity index is 1.38. The molecule has 8 nitrogen and oxygen atoms in total. The molecule has 0 aliphatic carbocycles. The third-order valence-electron chi connectivity index (χ3n) is 6.61. The van der Waals surface area contributed by atoms with Gasteiger partial charge in [-0.05, 0) is 48.8 Å². The van der Waals surface area contributed by atoms with Crippen LogP contribution in [0.1, 0.15) is 47.7 Å². The van der Waals surface area contributed by atoms with Crippen molar-refractivity contribution >= 4 is 27.3 Å². The van der Waals surface area contributed by atoms with E-state index in [9.17, 15) is 18.4 Å². The van der Waals surface area contributed by atoms with Crippen LogP contribution in [-0.2, 0) is 32.4 Å². The van der Waals surface area contributed by atoms with Gasteiger partial charge in [0.25, 0.3) is 5.91 Å². The minimum Gasteiger partial charge on any atom is -0.381 e. The Labute approximate surface area is 192 Å². The summed E-state index contributed by atoms with van der Waals surface area (Å²) in [5.41, 5.74) is 3.75. The number of ether oxygens (including phenoxy) is 1. The van der Waals surface area contributed by atoms with Crippen LogP contribution in [0.5, 0.6) is 0 Å². The van der Waals surface area contributed by atoms with Crippen LogP contribution in [0.4, 0.5) is 0 Å². The van der Waals surface area contributed by atoms with Crippen molar-refractivity contribution in [3.63, 3.8) is 0 Å². The minimum absolute atomic E-state index is 0.0378. The highest BCUT2D eigenvalue weighted by atomic mass is 32.2. The van der Waals surface area contributed by atoms with Gasteiger partial charge in [0.05, 0.1) is 0 Å². The van der Waals surface area contributed by atoms with Crippen LogP contribution in [0.15, 0.2) is 35.8 Å². The van der Waals surface area contributed by atoms with Crippen molar-refractivity contribution in [2.75, 3.05) is 26.3 Å². The lowest BCUT2D eigenvalue weighted by atomic mass is 9.93. The van der Waals surface area contributed by atoms with Crippen LogP contribution in [0.2, 0.25) is 0 Å². The maximum Gasteiger partial charge on any atom is 0.266 e. The van der Waals surface area contributed by atoms with E-state index < -0.39 is 20.7 Å². The van der Waals surface area contributed by atoms with Gasteiger partial charge in [-0.3, -0.25) is 15.0 Å². The number of piperidine rings is 1. The molecule has 4 heterocycles. The van der Waals surface area contributed by atoms with E-state index in [2.05, 4.69) is 34.6 Å². The first kappa shape index (κ1) is 23.3. The second kappa shape index (κ2) is 9.96. The third-order valence-corrected chi connectivity index (χ3v) is 10.2. The van der Waals surface area contributed by atoms with Gasteiger partial charge in [-0.25, -0.2) is 18.2 Å². The average Bonchev–Trinajstić information content (AvgIpc) is 3.37. The maximum atomic E-state index is 13.4. The number of hydroxylamine groups is 1. The summed E-state index contributed by atoms with van der Waals surface area (Å²) in [6.07, 6.45) is 5.25. The lowest BCUT2D eigenvalue weighted by Gasteiger charge is -2.40. The molecule has 2 saturated heterocycles. The van der Waals surface area contributed by atoms with Crippen LogP contribution in [0.3, 0.4) is 0 Å². The number of nitrogens with one attached hydrogen (secondary N) is 1. The van der Waals surface area contributed by atoms with E-state index in [1.165, 1.54) is 14.7 Å². The first-order valence-electron chi connectivity index (χ1n) is 11.0. The second-order valence-corrected chi connectivity index (χ2v) is 11.7. The summed E-state index contributed by atoms with van der Waals surface area (Å²) >= 11 is 1.76. The van der Waals surface area contributed by atoms with Crippen molar-refractivity contribution in [1.29, 1.82) is 0 Å². The summed E-state index contributed by atoms with van der Waals surface area (Å²) in [7, 11) is -3.94. The Morgan fingerprint density at radius 1 is 1.22 bits per heavy atom. The molecule has 10 heteroatoms. The Morgan fingerprint density at radius 2 is 1.97 bits per heavy atom. The Kier molecular flexibility index (Phi) is 7.26. The van der Waals surface area contributed by atoms with Crippen molar-refractivity contribution in [3.8, 4) is 0 Å². The van der Waals surface area contributed by atoms with Gasteiger partial charge in [-0.1, -0.05) is 12.1 Å². The van der Waals surface area contributed by atoms with E-state index in [0.717, 1.165) is 18.5 Å². The van der Waals surface area contributed by atoms with Gasteiger partial charge >= 0.3 is 0 Å². The van der Waals surface area contributed by atoms with Gasteiger partial charge in [-0.15, -0.1) is 11.3 Å². The lowest BCUT2D eigenvalue weighted by Crippen LogP contribution is -2.60. The molecule has 0 saturated carbocycles.